The van der Waals surface area contributed by atoms with Crippen LogP contribution in [0.4, 0.5) is 0 Å². The molecule has 154 valence electrons. The van der Waals surface area contributed by atoms with Crippen molar-refractivity contribution < 1.29 is 4.79 Å². The molecular weight excluding hydrogens is 405 g/mol. The first-order valence-electron chi connectivity index (χ1n) is 10.00. The second-order valence-electron chi connectivity index (χ2n) is 7.57. The average Bonchev–Trinajstić information content (AvgIpc) is 3.38. The van der Waals surface area contributed by atoms with Gasteiger partial charge in [0.05, 0.1) is 0 Å². The maximum absolute atomic E-state index is 12.5. The summed E-state index contributed by atoms with van der Waals surface area (Å²) in [4.78, 5) is 15.8. The van der Waals surface area contributed by atoms with E-state index in [-0.39, 0.29) is 24.2 Å². The molecule has 2 heterocycles. The number of nitrogens with one attached hydrogen (secondary N) is 3. The zero-order valence-electron chi connectivity index (χ0n) is 16.3. The molecule has 1 aliphatic heterocycles. The summed E-state index contributed by atoms with van der Waals surface area (Å²) in [7, 11) is 0. The van der Waals surface area contributed by atoms with Gasteiger partial charge in [-0.15, -0.1) is 12.4 Å². The van der Waals surface area contributed by atoms with Gasteiger partial charge in [0.1, 0.15) is 0 Å². The third-order valence-corrected chi connectivity index (χ3v) is 6.07. The van der Waals surface area contributed by atoms with Gasteiger partial charge in [0.2, 0.25) is 5.91 Å². The summed E-state index contributed by atoms with van der Waals surface area (Å²) in [5, 5.41) is 8.40. The lowest BCUT2D eigenvalue weighted by Crippen LogP contribution is -2.29. The molecule has 2 atom stereocenters. The Hall–Kier alpha value is -2.01. The summed E-state index contributed by atoms with van der Waals surface area (Å²) < 4.78 is 0. The Kier molecular flexibility index (Phi) is 7.59. The van der Waals surface area contributed by atoms with Crippen molar-refractivity contribution in [2.75, 3.05) is 19.6 Å². The van der Waals surface area contributed by atoms with Crippen LogP contribution in [0.5, 0.6) is 0 Å². The zero-order chi connectivity index (χ0) is 19.3. The molecule has 3 aromatic rings. The lowest BCUT2D eigenvalue weighted by atomic mass is 9.90. The van der Waals surface area contributed by atoms with E-state index in [0.717, 1.165) is 41.2 Å². The van der Waals surface area contributed by atoms with Crippen LogP contribution in [-0.4, -0.2) is 30.5 Å². The van der Waals surface area contributed by atoms with Gasteiger partial charge >= 0.3 is 0 Å². The molecule has 1 amide bonds. The number of hydrogen-bond acceptors (Lipinski definition) is 2. The number of H-pyrrole nitrogens is 1. The number of benzene rings is 2. The van der Waals surface area contributed by atoms with Crippen molar-refractivity contribution in [3.8, 4) is 0 Å². The molecule has 0 spiro atoms. The maximum Gasteiger partial charge on any atom is 0.220 e. The number of aromatic amines is 1. The molecule has 0 bridgehead atoms. The molecule has 1 aromatic heterocycles. The number of carbonyl (C=O) groups is 1. The molecule has 3 N–H and O–H groups in total. The van der Waals surface area contributed by atoms with Crippen molar-refractivity contribution in [3.05, 3.63) is 70.9 Å². The van der Waals surface area contributed by atoms with Gasteiger partial charge < -0.3 is 15.6 Å². The van der Waals surface area contributed by atoms with Crippen LogP contribution < -0.4 is 10.6 Å². The predicted molar refractivity (Wildman–Crippen MR) is 122 cm³/mol. The molecule has 2 aromatic carbocycles. The van der Waals surface area contributed by atoms with Crippen LogP contribution in [0.25, 0.3) is 10.9 Å². The van der Waals surface area contributed by atoms with E-state index < -0.39 is 0 Å². The number of hydrogen-bond donors (Lipinski definition) is 3. The Balaban J connectivity index is 0.00000240. The molecule has 1 aliphatic rings. The summed E-state index contributed by atoms with van der Waals surface area (Å²) in [6.07, 6.45) is 4.73. The average molecular weight is 432 g/mol. The smallest absolute Gasteiger partial charge is 0.220 e. The number of amides is 1. The highest BCUT2D eigenvalue weighted by atomic mass is 35.5. The number of halogens is 2. The van der Waals surface area contributed by atoms with Gasteiger partial charge in [-0.3, -0.25) is 4.79 Å². The molecule has 0 saturated carbocycles. The Bertz CT molecular complexity index is 950. The molecule has 1 saturated heterocycles. The second-order valence-corrected chi connectivity index (χ2v) is 7.97. The van der Waals surface area contributed by atoms with Crippen molar-refractivity contribution in [2.24, 2.45) is 5.92 Å². The quantitative estimate of drug-likeness (QED) is 0.499. The van der Waals surface area contributed by atoms with E-state index in [9.17, 15) is 4.79 Å². The predicted octanol–water partition coefficient (Wildman–Crippen LogP) is 4.88. The van der Waals surface area contributed by atoms with E-state index in [0.29, 0.717) is 18.9 Å². The Morgan fingerprint density at radius 3 is 2.72 bits per heavy atom. The molecule has 1 fully saturated rings. The normalized spacial score (nSPS) is 17.1. The van der Waals surface area contributed by atoms with Gasteiger partial charge in [0, 0.05) is 41.0 Å². The van der Waals surface area contributed by atoms with Gasteiger partial charge in [-0.2, -0.15) is 0 Å². The Morgan fingerprint density at radius 1 is 1.14 bits per heavy atom. The minimum atomic E-state index is 0. The number of para-hydroxylation sites is 1. The fourth-order valence-corrected chi connectivity index (χ4v) is 4.40. The second kappa shape index (κ2) is 10.1. The summed E-state index contributed by atoms with van der Waals surface area (Å²) >= 11 is 6.52. The van der Waals surface area contributed by atoms with E-state index in [1.165, 1.54) is 11.8 Å². The molecule has 29 heavy (non-hydrogen) atoms. The molecule has 2 unspecified atom stereocenters. The maximum atomic E-state index is 12.5. The van der Waals surface area contributed by atoms with Crippen molar-refractivity contribution in [1.29, 1.82) is 0 Å². The lowest BCUT2D eigenvalue weighted by molar-refractivity contribution is -0.121. The van der Waals surface area contributed by atoms with Crippen LogP contribution in [0.1, 0.15) is 36.3 Å². The highest BCUT2D eigenvalue weighted by Gasteiger charge is 2.22. The van der Waals surface area contributed by atoms with Crippen LogP contribution in [0.2, 0.25) is 5.02 Å². The summed E-state index contributed by atoms with van der Waals surface area (Å²) in [5.74, 6) is 0.740. The largest absolute Gasteiger partial charge is 0.361 e. The molecular formula is C23H27Cl2N3O. The van der Waals surface area contributed by atoms with Crippen molar-refractivity contribution in [3.63, 3.8) is 0 Å². The van der Waals surface area contributed by atoms with Crippen LogP contribution in [0.3, 0.4) is 0 Å². The van der Waals surface area contributed by atoms with Gasteiger partial charge in [-0.25, -0.2) is 0 Å². The van der Waals surface area contributed by atoms with E-state index in [4.69, 9.17) is 11.6 Å². The zero-order valence-corrected chi connectivity index (χ0v) is 17.9. The molecule has 6 heteroatoms. The van der Waals surface area contributed by atoms with Gasteiger partial charge in [0.25, 0.3) is 0 Å². The minimum Gasteiger partial charge on any atom is -0.361 e. The fourth-order valence-electron chi connectivity index (χ4n) is 4.13. The summed E-state index contributed by atoms with van der Waals surface area (Å²) in [6.45, 7) is 2.64. The highest BCUT2D eigenvalue weighted by molar-refractivity contribution is 6.31. The first-order valence-corrected chi connectivity index (χ1v) is 10.4. The Labute approximate surface area is 182 Å². The third kappa shape index (κ3) is 5.13. The number of rotatable bonds is 7. The molecule has 0 radical (unpaired) electrons. The van der Waals surface area contributed by atoms with E-state index >= 15 is 0 Å². The van der Waals surface area contributed by atoms with Crippen molar-refractivity contribution in [1.82, 2.24) is 15.6 Å². The highest BCUT2D eigenvalue weighted by Crippen LogP contribution is 2.34. The van der Waals surface area contributed by atoms with Gasteiger partial charge in [-0.1, -0.05) is 48.0 Å². The van der Waals surface area contributed by atoms with Crippen LogP contribution in [0.15, 0.2) is 54.7 Å². The topological polar surface area (TPSA) is 56.9 Å². The molecule has 0 aliphatic carbocycles. The third-order valence-electron chi connectivity index (χ3n) is 5.72. The van der Waals surface area contributed by atoms with E-state index in [2.05, 4.69) is 27.8 Å². The standard InChI is InChI=1S/C23H26ClN3O.ClH/c24-21-7-3-1-5-17(21)19(20-14-26-22-8-4-2-6-18(20)22)15-27-23(28)10-9-16-11-12-25-13-16;/h1-8,14,16,19,25-26H,9-13,15H2,(H,27,28);1H. The first kappa shape index (κ1) is 21.7. The number of fused-ring (bicyclic) bond motifs is 1. The minimum absolute atomic E-state index is 0. The van der Waals surface area contributed by atoms with Crippen LogP contribution >= 0.6 is 24.0 Å². The molecule has 4 nitrogen and oxygen atoms in total. The van der Waals surface area contributed by atoms with Crippen LogP contribution in [0, 0.1) is 5.92 Å². The lowest BCUT2D eigenvalue weighted by Gasteiger charge is -2.20. The van der Waals surface area contributed by atoms with E-state index in [1.54, 1.807) is 0 Å². The SMILES string of the molecule is Cl.O=C(CCC1CCNC1)NCC(c1ccccc1Cl)c1c[nH]c2ccccc12. The van der Waals surface area contributed by atoms with Gasteiger partial charge in [0.15, 0.2) is 0 Å². The fraction of sp³-hybridized carbons (Fsp3) is 0.348. The first-order chi connectivity index (χ1) is 13.7. The summed E-state index contributed by atoms with van der Waals surface area (Å²) in [5.41, 5.74) is 3.29. The summed E-state index contributed by atoms with van der Waals surface area (Å²) in [6, 6.07) is 16.1. The number of carbonyl (C=O) groups excluding carboxylic acids is 1. The van der Waals surface area contributed by atoms with Crippen molar-refractivity contribution >= 4 is 40.8 Å². The van der Waals surface area contributed by atoms with Gasteiger partial charge in [-0.05, 0) is 55.1 Å². The number of aromatic nitrogens is 1. The van der Waals surface area contributed by atoms with Crippen molar-refractivity contribution in [2.45, 2.75) is 25.2 Å². The van der Waals surface area contributed by atoms with E-state index in [1.807, 2.05) is 42.6 Å². The monoisotopic (exact) mass is 431 g/mol. The Morgan fingerprint density at radius 2 is 1.93 bits per heavy atom. The van der Waals surface area contributed by atoms with Crippen LogP contribution in [-0.2, 0) is 4.79 Å². The molecule has 4 rings (SSSR count).